The van der Waals surface area contributed by atoms with Crippen molar-refractivity contribution in [2.24, 2.45) is 26.4 Å². The van der Waals surface area contributed by atoms with Gasteiger partial charge in [-0.1, -0.05) is 38.1 Å². The van der Waals surface area contributed by atoms with Gasteiger partial charge in [0.2, 0.25) is 0 Å². The minimum absolute atomic E-state index is 0.121. The third-order valence-electron chi connectivity index (χ3n) is 3.03. The number of hydrogen-bond donors (Lipinski definition) is 3. The molecule has 0 aliphatic carbocycles. The number of carbonyl (C=O) groups is 1. The topological polar surface area (TPSA) is 118 Å². The van der Waals surface area contributed by atoms with E-state index in [2.05, 4.69) is 26.3 Å². The van der Waals surface area contributed by atoms with Crippen LogP contribution in [0.5, 0.6) is 0 Å². The van der Waals surface area contributed by atoms with Gasteiger partial charge in [-0.2, -0.15) is 4.99 Å². The van der Waals surface area contributed by atoms with Gasteiger partial charge in [0.25, 0.3) is 5.91 Å². The van der Waals surface area contributed by atoms with Crippen molar-refractivity contribution in [2.45, 2.75) is 26.8 Å². The molecule has 0 atom stereocenters. The van der Waals surface area contributed by atoms with E-state index in [9.17, 15) is 4.79 Å². The number of guanidine groups is 1. The molecule has 1 heterocycles. The highest BCUT2D eigenvalue weighted by Gasteiger charge is 2.12. The normalized spacial score (nSPS) is 12.2. The number of nitrogens with one attached hydrogen (secondary N) is 1. The van der Waals surface area contributed by atoms with Crippen molar-refractivity contribution in [1.82, 2.24) is 5.32 Å². The molecular formula is C17H24N6O. The summed E-state index contributed by atoms with van der Waals surface area (Å²) in [5, 5.41) is 3.30. The lowest BCUT2D eigenvalue weighted by Crippen LogP contribution is -2.23. The van der Waals surface area contributed by atoms with Gasteiger partial charge in [0.15, 0.2) is 5.96 Å². The molecule has 0 saturated carbocycles. The molecule has 0 spiro atoms. The molecule has 1 aliphatic rings. The van der Waals surface area contributed by atoms with Crippen molar-refractivity contribution in [2.75, 3.05) is 13.1 Å². The van der Waals surface area contributed by atoms with E-state index >= 15 is 0 Å². The van der Waals surface area contributed by atoms with Crippen molar-refractivity contribution < 1.29 is 4.79 Å². The molecule has 5 N–H and O–H groups in total. The van der Waals surface area contributed by atoms with Gasteiger partial charge in [0, 0.05) is 13.1 Å². The predicted molar refractivity (Wildman–Crippen MR) is 97.6 cm³/mol. The maximum atomic E-state index is 11.6. The second-order valence-corrected chi connectivity index (χ2v) is 4.72. The number of nitrogens with two attached hydrogens (primary N) is 2. The molecular weight excluding hydrogens is 304 g/mol. The Morgan fingerprint density at radius 2 is 1.96 bits per heavy atom. The second kappa shape index (κ2) is 10.9. The molecule has 0 saturated heterocycles. The monoisotopic (exact) mass is 328 g/mol. The van der Waals surface area contributed by atoms with E-state index in [4.69, 9.17) is 11.5 Å². The van der Waals surface area contributed by atoms with Crippen molar-refractivity contribution >= 4 is 23.4 Å². The zero-order valence-electron chi connectivity index (χ0n) is 14.1. The Morgan fingerprint density at radius 3 is 2.58 bits per heavy atom. The number of amides is 1. The van der Waals surface area contributed by atoms with Crippen molar-refractivity contribution in [3.63, 3.8) is 0 Å². The lowest BCUT2D eigenvalue weighted by molar-refractivity contribution is -0.112. The van der Waals surface area contributed by atoms with Crippen LogP contribution in [0.3, 0.4) is 0 Å². The number of nitrogens with zero attached hydrogens (tertiary/aromatic N) is 3. The summed E-state index contributed by atoms with van der Waals surface area (Å²) in [6.07, 6.45) is 2.35. The van der Waals surface area contributed by atoms with Gasteiger partial charge in [-0.15, -0.1) is 4.99 Å². The fourth-order valence-electron chi connectivity index (χ4n) is 1.93. The minimum atomic E-state index is -0.319. The Morgan fingerprint density at radius 1 is 1.25 bits per heavy atom. The van der Waals surface area contributed by atoms with Crippen LogP contribution in [0, 0.1) is 0 Å². The zero-order valence-corrected chi connectivity index (χ0v) is 14.1. The molecule has 0 radical (unpaired) electrons. The first kappa shape index (κ1) is 19.3. The van der Waals surface area contributed by atoms with Crippen molar-refractivity contribution in [1.29, 1.82) is 0 Å². The van der Waals surface area contributed by atoms with Crippen LogP contribution >= 0.6 is 0 Å². The molecule has 1 aliphatic heterocycles. The van der Waals surface area contributed by atoms with Crippen molar-refractivity contribution in [3.05, 3.63) is 41.6 Å². The van der Waals surface area contributed by atoms with Gasteiger partial charge in [0.05, 0.1) is 11.8 Å². The summed E-state index contributed by atoms with van der Waals surface area (Å²) in [4.78, 5) is 22.8. The Bertz CT molecular complexity index is 650. The van der Waals surface area contributed by atoms with Gasteiger partial charge in [-0.3, -0.25) is 9.79 Å². The van der Waals surface area contributed by atoms with Crippen LogP contribution in [0.1, 0.15) is 31.4 Å². The SMILES string of the molecule is CC.NC(N)=NCCCNCc1ccc(C2=CN=C=NC2=O)cc1. The van der Waals surface area contributed by atoms with Crippen LogP contribution < -0.4 is 16.8 Å². The summed E-state index contributed by atoms with van der Waals surface area (Å²) < 4.78 is 0. The Hall–Kier alpha value is -2.76. The molecule has 1 amide bonds. The molecule has 0 unspecified atom stereocenters. The Kier molecular flexibility index (Phi) is 8.74. The summed E-state index contributed by atoms with van der Waals surface area (Å²) in [7, 11) is 0. The molecule has 0 bridgehead atoms. The molecule has 24 heavy (non-hydrogen) atoms. The highest BCUT2D eigenvalue weighted by Crippen LogP contribution is 2.18. The van der Waals surface area contributed by atoms with Gasteiger partial charge >= 0.3 is 0 Å². The number of aliphatic imine (C=N–C) groups is 3. The summed E-state index contributed by atoms with van der Waals surface area (Å²) in [5.41, 5.74) is 12.9. The summed E-state index contributed by atoms with van der Waals surface area (Å²) in [5.74, 6) is -0.198. The number of rotatable bonds is 7. The highest BCUT2D eigenvalue weighted by atomic mass is 16.1. The van der Waals surface area contributed by atoms with E-state index in [-0.39, 0.29) is 11.9 Å². The standard InChI is InChI=1S/C15H18N6O.C2H6/c16-15(17)20-7-1-6-18-8-11-2-4-12(5-3-11)13-9-19-10-21-14(13)22;1-2/h2-5,9,18H,1,6-8H2,(H4,16,17,20);1-2H3. The smallest absolute Gasteiger partial charge is 0.288 e. The van der Waals surface area contributed by atoms with Gasteiger partial charge in [-0.05, 0) is 24.1 Å². The van der Waals surface area contributed by atoms with Crippen LogP contribution in [0.15, 0.2) is 45.4 Å². The summed E-state index contributed by atoms with van der Waals surface area (Å²) in [6, 6.07) is 9.99. The minimum Gasteiger partial charge on any atom is -0.370 e. The lowest BCUT2D eigenvalue weighted by Gasteiger charge is -2.07. The number of hydrogen-bond acceptors (Lipinski definition) is 4. The third-order valence-corrected chi connectivity index (χ3v) is 3.03. The maximum Gasteiger partial charge on any atom is 0.288 e. The van der Waals surface area contributed by atoms with E-state index in [1.165, 1.54) is 6.20 Å². The second-order valence-electron chi connectivity index (χ2n) is 4.72. The first-order chi connectivity index (χ1) is 11.7. The number of carbonyl (C=O) groups excluding carboxylic acids is 1. The first-order valence-corrected chi connectivity index (χ1v) is 7.92. The fraction of sp³-hybridized carbons (Fsp3) is 0.353. The van der Waals surface area contributed by atoms with Crippen LogP contribution in [-0.4, -0.2) is 31.0 Å². The van der Waals surface area contributed by atoms with Crippen LogP contribution in [0.25, 0.3) is 5.57 Å². The Labute approximate surface area is 142 Å². The van der Waals surface area contributed by atoms with Gasteiger partial charge < -0.3 is 16.8 Å². The van der Waals surface area contributed by atoms with E-state index in [1.807, 2.05) is 38.1 Å². The molecule has 128 valence electrons. The third kappa shape index (κ3) is 6.56. The largest absolute Gasteiger partial charge is 0.370 e. The molecule has 2 rings (SSSR count). The first-order valence-electron chi connectivity index (χ1n) is 7.92. The van der Waals surface area contributed by atoms with Crippen LogP contribution in [-0.2, 0) is 11.3 Å². The summed E-state index contributed by atoms with van der Waals surface area (Å²) >= 11 is 0. The fourth-order valence-corrected chi connectivity index (χ4v) is 1.93. The van der Waals surface area contributed by atoms with Crippen LogP contribution in [0.2, 0.25) is 0 Å². The van der Waals surface area contributed by atoms with Gasteiger partial charge in [-0.25, -0.2) is 0 Å². The number of benzene rings is 1. The zero-order chi connectivity index (χ0) is 17.8. The molecule has 0 aromatic heterocycles. The summed E-state index contributed by atoms with van der Waals surface area (Å²) in [6.45, 7) is 6.18. The molecule has 0 fully saturated rings. The quantitative estimate of drug-likeness (QED) is 0.399. The van der Waals surface area contributed by atoms with Crippen molar-refractivity contribution in [3.8, 4) is 0 Å². The van der Waals surface area contributed by atoms with Gasteiger partial charge in [0.1, 0.15) is 6.01 Å². The van der Waals surface area contributed by atoms with E-state index in [0.29, 0.717) is 12.1 Å². The maximum absolute atomic E-state index is 11.6. The average molecular weight is 328 g/mol. The predicted octanol–water partition coefficient (Wildman–Crippen LogP) is 1.52. The average Bonchev–Trinajstić information content (AvgIpc) is 2.61. The van der Waals surface area contributed by atoms with Crippen LogP contribution in [0.4, 0.5) is 0 Å². The van der Waals surface area contributed by atoms with E-state index in [0.717, 1.165) is 30.6 Å². The molecule has 7 heteroatoms. The molecule has 7 nitrogen and oxygen atoms in total. The molecule has 1 aromatic carbocycles. The molecule has 1 aromatic rings. The lowest BCUT2D eigenvalue weighted by atomic mass is 10.0. The van der Waals surface area contributed by atoms with E-state index < -0.39 is 0 Å². The Balaban J connectivity index is 0.00000139. The van der Waals surface area contributed by atoms with E-state index in [1.54, 1.807) is 0 Å². The highest BCUT2D eigenvalue weighted by molar-refractivity contribution is 6.22.